The third-order valence-electron chi connectivity index (χ3n) is 4.77. The molecule has 0 radical (unpaired) electrons. The van der Waals surface area contributed by atoms with Crippen molar-refractivity contribution in [1.29, 1.82) is 0 Å². The van der Waals surface area contributed by atoms with Gasteiger partial charge in [0.2, 0.25) is 0 Å². The van der Waals surface area contributed by atoms with Gasteiger partial charge in [0.15, 0.2) is 17.3 Å². The van der Waals surface area contributed by atoms with E-state index in [4.69, 9.17) is 11.6 Å². The highest BCUT2D eigenvalue weighted by molar-refractivity contribution is 5.65. The molecule has 1 saturated heterocycles. The van der Waals surface area contributed by atoms with Crippen molar-refractivity contribution in [1.82, 2.24) is 39.7 Å². The predicted molar refractivity (Wildman–Crippen MR) is 103 cm³/mol. The fourth-order valence-electron chi connectivity index (χ4n) is 3.09. The molecule has 4 aromatic heterocycles. The van der Waals surface area contributed by atoms with E-state index < -0.39 is 0 Å². The van der Waals surface area contributed by atoms with Gasteiger partial charge in [0, 0.05) is 31.0 Å². The highest BCUT2D eigenvalue weighted by Crippen LogP contribution is 2.24. The van der Waals surface area contributed by atoms with Crippen molar-refractivity contribution in [3.63, 3.8) is 0 Å². The molecule has 0 aromatic carbocycles. The van der Waals surface area contributed by atoms with Gasteiger partial charge in [-0.2, -0.15) is 10.2 Å². The molecule has 5 N–H and O–H groups in total. The molecule has 1 aliphatic rings. The topological polar surface area (TPSA) is 141 Å². The number of hydrogen-bond acceptors (Lipinski definition) is 9. The monoisotopic (exact) mass is 377 g/mol. The predicted octanol–water partition coefficient (Wildman–Crippen LogP) is -0.0104. The van der Waals surface area contributed by atoms with Gasteiger partial charge in [0.05, 0.1) is 30.7 Å². The maximum absolute atomic E-state index is 6.25. The van der Waals surface area contributed by atoms with Crippen molar-refractivity contribution in [2.75, 3.05) is 23.8 Å². The molecule has 28 heavy (non-hydrogen) atoms. The lowest BCUT2D eigenvalue weighted by Crippen LogP contribution is -2.43. The average Bonchev–Trinajstić information content (AvgIpc) is 3.30. The molecule has 142 valence electrons. The van der Waals surface area contributed by atoms with Gasteiger partial charge in [-0.05, 0) is 11.6 Å². The second kappa shape index (κ2) is 6.55. The van der Waals surface area contributed by atoms with Crippen LogP contribution >= 0.6 is 0 Å². The highest BCUT2D eigenvalue weighted by Gasteiger charge is 2.20. The van der Waals surface area contributed by atoms with E-state index in [-0.39, 0.29) is 5.82 Å². The van der Waals surface area contributed by atoms with Crippen LogP contribution in [0, 0.1) is 0 Å². The number of aromatic nitrogens is 7. The van der Waals surface area contributed by atoms with Gasteiger partial charge >= 0.3 is 0 Å². The first kappa shape index (κ1) is 16.6. The summed E-state index contributed by atoms with van der Waals surface area (Å²) in [5.74, 6) is 6.93. The number of nitrogens with zero attached hydrogens (tertiary/aromatic N) is 8. The molecule has 4 aromatic rings. The summed E-state index contributed by atoms with van der Waals surface area (Å²) in [6, 6.07) is 4.20. The zero-order chi connectivity index (χ0) is 19.1. The van der Waals surface area contributed by atoms with Crippen molar-refractivity contribution in [2.24, 2.45) is 5.84 Å². The smallest absolute Gasteiger partial charge is 0.186 e. The minimum Gasteiger partial charge on any atom is -0.381 e. The van der Waals surface area contributed by atoms with Gasteiger partial charge < -0.3 is 11.1 Å². The molecule has 0 spiro atoms. The van der Waals surface area contributed by atoms with Crippen molar-refractivity contribution >= 4 is 17.3 Å². The van der Waals surface area contributed by atoms with Crippen LogP contribution in [0.25, 0.3) is 16.9 Å². The molecule has 0 unspecified atom stereocenters. The Morgan fingerprint density at radius 1 is 1.14 bits per heavy atom. The molecule has 0 amide bonds. The Hall–Kier alpha value is -3.57. The maximum atomic E-state index is 6.25. The number of nitrogen functional groups attached to an aromatic ring is 1. The summed E-state index contributed by atoms with van der Waals surface area (Å²) in [5, 5.41) is 13.3. The number of nitrogens with one attached hydrogen (secondary N) is 1. The van der Waals surface area contributed by atoms with Crippen LogP contribution in [0.15, 0.2) is 43.2 Å². The van der Waals surface area contributed by atoms with Crippen LogP contribution in [0.5, 0.6) is 0 Å². The highest BCUT2D eigenvalue weighted by atomic mass is 15.4. The number of pyridine rings is 1. The molecule has 11 heteroatoms. The minimum atomic E-state index is 0.267. The Kier molecular flexibility index (Phi) is 3.88. The molecule has 5 rings (SSSR count). The van der Waals surface area contributed by atoms with Gasteiger partial charge in [0.25, 0.3) is 0 Å². The Morgan fingerprint density at radius 2 is 2.04 bits per heavy atom. The molecule has 0 aliphatic carbocycles. The summed E-state index contributed by atoms with van der Waals surface area (Å²) >= 11 is 0. The van der Waals surface area contributed by atoms with Gasteiger partial charge in [-0.3, -0.25) is 9.69 Å². The van der Waals surface area contributed by atoms with Gasteiger partial charge in [-0.1, -0.05) is 6.07 Å². The fourth-order valence-corrected chi connectivity index (χ4v) is 3.09. The molecular weight excluding hydrogens is 358 g/mol. The van der Waals surface area contributed by atoms with Gasteiger partial charge in [-0.25, -0.2) is 25.3 Å². The SMILES string of the molecule is Nc1ncc(-c2cnn(C3CNC3)c2)nc1N(N)Cc1ccc2ncnn2c1. The Labute approximate surface area is 160 Å². The summed E-state index contributed by atoms with van der Waals surface area (Å²) in [7, 11) is 0. The Morgan fingerprint density at radius 3 is 2.86 bits per heavy atom. The second-order valence-electron chi connectivity index (χ2n) is 6.71. The Balaban J connectivity index is 1.40. The van der Waals surface area contributed by atoms with Crippen molar-refractivity contribution in [2.45, 2.75) is 12.6 Å². The number of rotatable bonds is 5. The Bertz CT molecular complexity index is 1130. The third-order valence-corrected chi connectivity index (χ3v) is 4.77. The summed E-state index contributed by atoms with van der Waals surface area (Å²) in [6.07, 6.45) is 8.75. The standard InChI is InChI=1S/C17H19N11/c18-16-17(26(19)7-11-1-2-15-22-10-24-28(15)8-11)25-14(6-21-16)12-3-23-27(9-12)13-4-20-5-13/h1-3,6,8-10,13,20H,4-5,7,19H2,(H2,18,21). The van der Waals surface area contributed by atoms with Crippen LogP contribution in [0.3, 0.4) is 0 Å². The normalized spacial score (nSPS) is 14.3. The number of fused-ring (bicyclic) bond motifs is 1. The molecule has 11 nitrogen and oxygen atoms in total. The van der Waals surface area contributed by atoms with E-state index in [1.54, 1.807) is 16.9 Å². The molecule has 0 saturated carbocycles. The fraction of sp³-hybridized carbons (Fsp3) is 0.235. The van der Waals surface area contributed by atoms with Crippen molar-refractivity contribution < 1.29 is 0 Å². The lowest BCUT2D eigenvalue weighted by Gasteiger charge is -2.27. The second-order valence-corrected chi connectivity index (χ2v) is 6.71. The van der Waals surface area contributed by atoms with E-state index in [1.807, 2.05) is 29.2 Å². The van der Waals surface area contributed by atoms with E-state index >= 15 is 0 Å². The van der Waals surface area contributed by atoms with E-state index in [1.165, 1.54) is 11.3 Å². The number of hydrogen-bond donors (Lipinski definition) is 3. The van der Waals surface area contributed by atoms with Crippen LogP contribution in [-0.2, 0) is 6.54 Å². The molecular formula is C17H19N11. The lowest BCUT2D eigenvalue weighted by molar-refractivity contribution is 0.318. The van der Waals surface area contributed by atoms with Gasteiger partial charge in [-0.15, -0.1) is 0 Å². The summed E-state index contributed by atoms with van der Waals surface area (Å²) in [6.45, 7) is 2.24. The first-order valence-corrected chi connectivity index (χ1v) is 8.85. The molecule has 5 heterocycles. The number of hydrazine groups is 1. The lowest BCUT2D eigenvalue weighted by atomic mass is 10.2. The molecule has 1 aliphatic heterocycles. The third kappa shape index (κ3) is 2.92. The van der Waals surface area contributed by atoms with Gasteiger partial charge in [0.1, 0.15) is 6.33 Å². The quantitative estimate of drug-likeness (QED) is 0.323. The van der Waals surface area contributed by atoms with Crippen LogP contribution in [-0.4, -0.2) is 47.4 Å². The minimum absolute atomic E-state index is 0.267. The average molecular weight is 377 g/mol. The van der Waals surface area contributed by atoms with Crippen LogP contribution in [0.4, 0.5) is 11.6 Å². The first-order chi connectivity index (χ1) is 13.7. The van der Waals surface area contributed by atoms with E-state index in [0.29, 0.717) is 24.1 Å². The zero-order valence-electron chi connectivity index (χ0n) is 15.0. The van der Waals surface area contributed by atoms with E-state index in [0.717, 1.165) is 29.9 Å². The molecule has 0 bridgehead atoms. The zero-order valence-corrected chi connectivity index (χ0v) is 15.0. The maximum Gasteiger partial charge on any atom is 0.186 e. The summed E-state index contributed by atoms with van der Waals surface area (Å²) in [4.78, 5) is 13.0. The molecule has 0 atom stereocenters. The first-order valence-electron chi connectivity index (χ1n) is 8.85. The largest absolute Gasteiger partial charge is 0.381 e. The van der Waals surface area contributed by atoms with Crippen molar-refractivity contribution in [3.8, 4) is 11.3 Å². The van der Waals surface area contributed by atoms with Crippen LogP contribution < -0.4 is 21.9 Å². The van der Waals surface area contributed by atoms with Crippen molar-refractivity contribution in [3.05, 3.63) is 48.8 Å². The van der Waals surface area contributed by atoms with E-state index in [9.17, 15) is 0 Å². The summed E-state index contributed by atoms with van der Waals surface area (Å²) < 4.78 is 3.63. The van der Waals surface area contributed by atoms with E-state index in [2.05, 4.69) is 30.5 Å². The summed E-state index contributed by atoms with van der Waals surface area (Å²) in [5.41, 5.74) is 9.29. The molecule has 1 fully saturated rings. The number of anilines is 2. The number of nitrogens with two attached hydrogens (primary N) is 2. The van der Waals surface area contributed by atoms with Crippen LogP contribution in [0.2, 0.25) is 0 Å². The van der Waals surface area contributed by atoms with Crippen LogP contribution in [0.1, 0.15) is 11.6 Å².